The van der Waals surface area contributed by atoms with Gasteiger partial charge in [-0.25, -0.2) is 0 Å². The Bertz CT molecular complexity index is 116. The molecule has 0 N–H and O–H groups in total. The van der Waals surface area contributed by atoms with Crippen molar-refractivity contribution in [2.75, 3.05) is 13.2 Å². The first-order valence-corrected chi connectivity index (χ1v) is 4.89. The highest BCUT2D eigenvalue weighted by atomic mass is 16.5. The fraction of sp³-hybridized carbons (Fsp3) is 1.00. The largest absolute Gasteiger partial charge is 0.380 e. The molecule has 0 aromatic heterocycles. The Morgan fingerprint density at radius 3 is 2.09 bits per heavy atom. The normalized spacial score (nSPS) is 32.5. The zero-order valence-electron chi connectivity index (χ0n) is 8.02. The van der Waals surface area contributed by atoms with Crippen LogP contribution in [0.5, 0.6) is 0 Å². The topological polar surface area (TPSA) is 9.23 Å². The van der Waals surface area contributed by atoms with Gasteiger partial charge in [-0.05, 0) is 25.2 Å². The van der Waals surface area contributed by atoms with E-state index in [0.29, 0.717) is 5.41 Å². The molecule has 1 heteroatoms. The minimum Gasteiger partial charge on any atom is -0.380 e. The molecule has 0 amide bonds. The molecule has 1 unspecified atom stereocenters. The monoisotopic (exact) mass is 156 g/mol. The lowest BCUT2D eigenvalue weighted by Gasteiger charge is -2.38. The summed E-state index contributed by atoms with van der Waals surface area (Å²) in [5.41, 5.74) is 0.666. The Kier molecular flexibility index (Phi) is 2.94. The second kappa shape index (κ2) is 3.57. The van der Waals surface area contributed by atoms with Gasteiger partial charge in [0.2, 0.25) is 0 Å². The van der Waals surface area contributed by atoms with Gasteiger partial charge in [-0.15, -0.1) is 0 Å². The molecule has 2 rings (SSSR count). The average Bonchev–Trinajstić information content (AvgIpc) is 2.35. The van der Waals surface area contributed by atoms with Gasteiger partial charge in [0.25, 0.3) is 0 Å². The van der Waals surface area contributed by atoms with Gasteiger partial charge in [0, 0.05) is 5.41 Å². The van der Waals surface area contributed by atoms with Gasteiger partial charge in [0.15, 0.2) is 0 Å². The Balaban J connectivity index is 0.000000281. The van der Waals surface area contributed by atoms with Crippen LogP contribution in [0.3, 0.4) is 0 Å². The Morgan fingerprint density at radius 2 is 1.91 bits per heavy atom. The highest BCUT2D eigenvalue weighted by Gasteiger charge is 2.43. The van der Waals surface area contributed by atoms with Crippen LogP contribution in [-0.4, -0.2) is 13.2 Å². The van der Waals surface area contributed by atoms with Crippen LogP contribution in [-0.2, 0) is 4.74 Å². The first-order chi connectivity index (χ1) is 5.31. The molecule has 0 aromatic rings. The maximum Gasteiger partial charge on any atom is 0.0544 e. The van der Waals surface area contributed by atoms with Crippen LogP contribution >= 0.6 is 0 Å². The summed E-state index contributed by atoms with van der Waals surface area (Å²) in [7, 11) is 0. The molecule has 1 nitrogen and oxygen atoms in total. The lowest BCUT2D eigenvalue weighted by molar-refractivity contribution is -0.110. The molecule has 1 spiro atoms. The molecule has 11 heavy (non-hydrogen) atoms. The number of hydrogen-bond donors (Lipinski definition) is 0. The minimum atomic E-state index is 0.666. The first-order valence-electron chi connectivity index (χ1n) is 4.89. The maximum atomic E-state index is 5.21. The lowest BCUT2D eigenvalue weighted by atomic mass is 9.84. The van der Waals surface area contributed by atoms with Crippen molar-refractivity contribution in [1.82, 2.24) is 0 Å². The molecule has 0 bridgehead atoms. The number of hydrogen-bond acceptors (Lipinski definition) is 1. The average molecular weight is 156 g/mol. The number of ether oxygens (including phenoxy) is 1. The van der Waals surface area contributed by atoms with Crippen molar-refractivity contribution in [2.24, 2.45) is 11.3 Å². The van der Waals surface area contributed by atoms with Crippen molar-refractivity contribution in [1.29, 1.82) is 0 Å². The zero-order chi connectivity index (χ0) is 8.32. The molecule has 1 aliphatic carbocycles. The fourth-order valence-corrected chi connectivity index (χ4v) is 2.15. The van der Waals surface area contributed by atoms with Crippen molar-refractivity contribution < 1.29 is 4.74 Å². The molecule has 1 saturated carbocycles. The van der Waals surface area contributed by atoms with E-state index < -0.39 is 0 Å². The molecule has 2 aliphatic rings. The van der Waals surface area contributed by atoms with Crippen molar-refractivity contribution in [3.63, 3.8) is 0 Å². The van der Waals surface area contributed by atoms with E-state index >= 15 is 0 Å². The van der Waals surface area contributed by atoms with Crippen LogP contribution in [0.4, 0.5) is 0 Å². The van der Waals surface area contributed by atoms with Crippen molar-refractivity contribution >= 4 is 0 Å². The molecule has 0 radical (unpaired) electrons. The predicted octanol–water partition coefficient (Wildman–Crippen LogP) is 2.85. The third-order valence-electron chi connectivity index (χ3n) is 2.77. The molecule has 1 aliphatic heterocycles. The molecule has 0 aromatic carbocycles. The minimum absolute atomic E-state index is 0.666. The summed E-state index contributed by atoms with van der Waals surface area (Å²) in [5, 5.41) is 0. The van der Waals surface area contributed by atoms with E-state index in [9.17, 15) is 0 Å². The van der Waals surface area contributed by atoms with E-state index in [2.05, 4.69) is 6.92 Å². The Morgan fingerprint density at radius 1 is 1.27 bits per heavy atom. The summed E-state index contributed by atoms with van der Waals surface area (Å²) >= 11 is 0. The summed E-state index contributed by atoms with van der Waals surface area (Å²) in [6.07, 6.45) is 4.28. The fourth-order valence-electron chi connectivity index (χ4n) is 2.15. The maximum absolute atomic E-state index is 5.21. The zero-order valence-corrected chi connectivity index (χ0v) is 8.02. The van der Waals surface area contributed by atoms with Crippen molar-refractivity contribution in [3.8, 4) is 0 Å². The van der Waals surface area contributed by atoms with E-state index in [0.717, 1.165) is 19.1 Å². The molecule has 66 valence electrons. The molecule has 1 atom stereocenters. The van der Waals surface area contributed by atoms with Gasteiger partial charge in [0.05, 0.1) is 13.2 Å². The van der Waals surface area contributed by atoms with Crippen LogP contribution in [0.2, 0.25) is 0 Å². The molecule has 1 saturated heterocycles. The van der Waals surface area contributed by atoms with E-state index in [1.807, 2.05) is 13.8 Å². The summed E-state index contributed by atoms with van der Waals surface area (Å²) in [6, 6.07) is 0. The Hall–Kier alpha value is -0.0400. The smallest absolute Gasteiger partial charge is 0.0544 e. The highest BCUT2D eigenvalue weighted by molar-refractivity contribution is 4.92. The van der Waals surface area contributed by atoms with E-state index in [-0.39, 0.29) is 0 Å². The predicted molar refractivity (Wildman–Crippen MR) is 47.6 cm³/mol. The van der Waals surface area contributed by atoms with Crippen LogP contribution < -0.4 is 0 Å². The summed E-state index contributed by atoms with van der Waals surface area (Å²) in [5.74, 6) is 0.967. The summed E-state index contributed by atoms with van der Waals surface area (Å²) in [6.45, 7) is 8.46. The molecular weight excluding hydrogens is 136 g/mol. The molecule has 2 fully saturated rings. The summed E-state index contributed by atoms with van der Waals surface area (Å²) in [4.78, 5) is 0. The van der Waals surface area contributed by atoms with Gasteiger partial charge in [-0.2, -0.15) is 0 Å². The lowest BCUT2D eigenvalue weighted by Crippen LogP contribution is -2.40. The van der Waals surface area contributed by atoms with Crippen molar-refractivity contribution in [3.05, 3.63) is 0 Å². The second-order valence-corrected chi connectivity index (χ2v) is 3.84. The van der Waals surface area contributed by atoms with E-state index in [1.54, 1.807) is 0 Å². The molecule has 1 heterocycles. The van der Waals surface area contributed by atoms with Gasteiger partial charge in [-0.1, -0.05) is 20.8 Å². The second-order valence-electron chi connectivity index (χ2n) is 3.84. The Labute approximate surface area is 70.1 Å². The van der Waals surface area contributed by atoms with Crippen LogP contribution in [0.15, 0.2) is 0 Å². The standard InChI is InChI=1S/C8H14O.C2H6/c1-7-2-3-8(4-7)5-9-6-8;1-2/h7H,2-6H2,1H3;1-2H3. The van der Waals surface area contributed by atoms with Crippen LogP contribution in [0, 0.1) is 11.3 Å². The van der Waals surface area contributed by atoms with Gasteiger partial charge < -0.3 is 4.74 Å². The molecular formula is C10H20O. The van der Waals surface area contributed by atoms with Gasteiger partial charge >= 0.3 is 0 Å². The number of rotatable bonds is 0. The van der Waals surface area contributed by atoms with Gasteiger partial charge in [0.1, 0.15) is 0 Å². The highest BCUT2D eigenvalue weighted by Crippen LogP contribution is 2.46. The first kappa shape index (κ1) is 9.05. The van der Waals surface area contributed by atoms with Crippen molar-refractivity contribution in [2.45, 2.75) is 40.0 Å². The third kappa shape index (κ3) is 1.76. The van der Waals surface area contributed by atoms with Crippen LogP contribution in [0.25, 0.3) is 0 Å². The van der Waals surface area contributed by atoms with Gasteiger partial charge in [-0.3, -0.25) is 0 Å². The SMILES string of the molecule is CC.CC1CCC2(COC2)C1. The van der Waals surface area contributed by atoms with E-state index in [1.165, 1.54) is 19.3 Å². The third-order valence-corrected chi connectivity index (χ3v) is 2.77. The van der Waals surface area contributed by atoms with E-state index in [4.69, 9.17) is 4.74 Å². The summed E-state index contributed by atoms with van der Waals surface area (Å²) < 4.78 is 5.21. The quantitative estimate of drug-likeness (QED) is 0.524. The van der Waals surface area contributed by atoms with Crippen LogP contribution in [0.1, 0.15) is 40.0 Å².